The van der Waals surface area contributed by atoms with Crippen molar-refractivity contribution in [3.05, 3.63) is 17.7 Å². The van der Waals surface area contributed by atoms with Crippen molar-refractivity contribution in [3.8, 4) is 17.2 Å². The van der Waals surface area contributed by atoms with Crippen LogP contribution < -0.4 is 19.5 Å². The van der Waals surface area contributed by atoms with Crippen LogP contribution in [-0.4, -0.2) is 40.2 Å². The molecule has 0 aromatic heterocycles. The van der Waals surface area contributed by atoms with Crippen LogP contribution >= 0.6 is 0 Å². The van der Waals surface area contributed by atoms with Crippen LogP contribution in [-0.2, 0) is 0 Å². The average molecular weight is 265 g/mol. The van der Waals surface area contributed by atoms with Gasteiger partial charge in [0, 0.05) is 24.6 Å². The van der Waals surface area contributed by atoms with Crippen molar-refractivity contribution in [2.24, 2.45) is 5.92 Å². The van der Waals surface area contributed by atoms with Crippen LogP contribution in [0.2, 0.25) is 0 Å². The Labute approximate surface area is 112 Å². The van der Waals surface area contributed by atoms with Crippen molar-refractivity contribution in [1.82, 2.24) is 5.32 Å². The molecular formula is C14H19NO4. The summed E-state index contributed by atoms with van der Waals surface area (Å²) < 4.78 is 15.8. The molecule has 19 heavy (non-hydrogen) atoms. The normalized spacial score (nSPS) is 18.2. The number of hydrogen-bond donors (Lipinski definition) is 1. The molecule has 0 radical (unpaired) electrons. The summed E-state index contributed by atoms with van der Waals surface area (Å²) >= 11 is 0. The summed E-state index contributed by atoms with van der Waals surface area (Å²) in [5.74, 6) is 1.63. The van der Waals surface area contributed by atoms with E-state index in [4.69, 9.17) is 14.2 Å². The summed E-state index contributed by atoms with van der Waals surface area (Å²) in [6.07, 6.45) is 0.844. The number of hydrogen-bond acceptors (Lipinski definition) is 5. The highest BCUT2D eigenvalue weighted by Gasteiger charge is 2.29. The van der Waals surface area contributed by atoms with Gasteiger partial charge >= 0.3 is 0 Å². The molecule has 1 atom stereocenters. The minimum atomic E-state index is -0.0174. The van der Waals surface area contributed by atoms with Crippen LogP contribution in [0.5, 0.6) is 17.2 Å². The molecule has 1 aliphatic heterocycles. The molecule has 2 rings (SSSR count). The zero-order valence-electron chi connectivity index (χ0n) is 11.5. The first-order chi connectivity index (χ1) is 9.21. The van der Waals surface area contributed by atoms with Gasteiger partial charge in [0.15, 0.2) is 5.78 Å². The molecule has 0 amide bonds. The number of ketones is 1. The molecule has 0 bridgehead atoms. The Kier molecular flexibility index (Phi) is 4.27. The van der Waals surface area contributed by atoms with E-state index in [1.54, 1.807) is 19.2 Å². The number of methoxy groups -OCH3 is 3. The molecule has 1 aromatic rings. The second-order valence-corrected chi connectivity index (χ2v) is 4.46. The maximum absolute atomic E-state index is 12.6. The van der Waals surface area contributed by atoms with E-state index < -0.39 is 0 Å². The Morgan fingerprint density at radius 3 is 2.21 bits per heavy atom. The van der Waals surface area contributed by atoms with Gasteiger partial charge < -0.3 is 19.5 Å². The molecule has 5 heteroatoms. The van der Waals surface area contributed by atoms with E-state index in [0.717, 1.165) is 13.0 Å². The molecule has 1 N–H and O–H groups in total. The summed E-state index contributed by atoms with van der Waals surface area (Å²) in [5.41, 5.74) is 0.500. The van der Waals surface area contributed by atoms with E-state index in [-0.39, 0.29) is 11.7 Å². The standard InChI is InChI=1S/C14H19NO4/c1-17-10-6-11(18-2)13(12(7-10)19-3)14(16)9-4-5-15-8-9/h6-7,9,15H,4-5,8H2,1-3H3. The fourth-order valence-electron chi connectivity index (χ4n) is 2.33. The highest BCUT2D eigenvalue weighted by molar-refractivity contribution is 6.03. The van der Waals surface area contributed by atoms with Crippen molar-refractivity contribution in [2.45, 2.75) is 6.42 Å². The molecule has 1 fully saturated rings. The third-order valence-corrected chi connectivity index (χ3v) is 3.39. The molecule has 5 nitrogen and oxygen atoms in total. The highest BCUT2D eigenvalue weighted by atomic mass is 16.5. The van der Waals surface area contributed by atoms with Crippen LogP contribution in [0.15, 0.2) is 12.1 Å². The predicted molar refractivity (Wildman–Crippen MR) is 71.4 cm³/mol. The van der Waals surface area contributed by atoms with Gasteiger partial charge in [0.05, 0.1) is 21.3 Å². The third kappa shape index (κ3) is 2.66. The lowest BCUT2D eigenvalue weighted by Crippen LogP contribution is -2.19. The quantitative estimate of drug-likeness (QED) is 0.818. The lowest BCUT2D eigenvalue weighted by molar-refractivity contribution is 0.0924. The lowest BCUT2D eigenvalue weighted by Gasteiger charge is -2.16. The smallest absolute Gasteiger partial charge is 0.174 e. The zero-order valence-corrected chi connectivity index (χ0v) is 11.5. The third-order valence-electron chi connectivity index (χ3n) is 3.39. The van der Waals surface area contributed by atoms with Crippen LogP contribution in [0.4, 0.5) is 0 Å². The summed E-state index contributed by atoms with van der Waals surface area (Å²) in [6.45, 7) is 1.58. The first-order valence-electron chi connectivity index (χ1n) is 6.26. The Morgan fingerprint density at radius 1 is 1.16 bits per heavy atom. The Morgan fingerprint density at radius 2 is 1.79 bits per heavy atom. The van der Waals surface area contributed by atoms with E-state index in [1.165, 1.54) is 14.2 Å². The van der Waals surface area contributed by atoms with Crippen LogP contribution in [0.25, 0.3) is 0 Å². The van der Waals surface area contributed by atoms with Gasteiger partial charge in [-0.3, -0.25) is 4.79 Å². The van der Waals surface area contributed by atoms with Gasteiger partial charge in [-0.2, -0.15) is 0 Å². The van der Waals surface area contributed by atoms with Gasteiger partial charge in [0.2, 0.25) is 0 Å². The van der Waals surface area contributed by atoms with Crippen LogP contribution in [0.3, 0.4) is 0 Å². The van der Waals surface area contributed by atoms with Gasteiger partial charge in [0.1, 0.15) is 22.8 Å². The monoisotopic (exact) mass is 265 g/mol. The number of rotatable bonds is 5. The second-order valence-electron chi connectivity index (χ2n) is 4.46. The number of nitrogens with one attached hydrogen (secondary N) is 1. The summed E-state index contributed by atoms with van der Waals surface area (Å²) in [5, 5.41) is 3.19. The highest BCUT2D eigenvalue weighted by Crippen LogP contribution is 2.36. The second kappa shape index (κ2) is 5.93. The largest absolute Gasteiger partial charge is 0.496 e. The molecule has 1 saturated heterocycles. The fraction of sp³-hybridized carbons (Fsp3) is 0.500. The van der Waals surface area contributed by atoms with Gasteiger partial charge in [-0.1, -0.05) is 0 Å². The maximum atomic E-state index is 12.6. The lowest BCUT2D eigenvalue weighted by atomic mass is 9.95. The van der Waals surface area contributed by atoms with Gasteiger partial charge in [-0.25, -0.2) is 0 Å². The number of carbonyl (C=O) groups is 1. The van der Waals surface area contributed by atoms with Crippen LogP contribution in [0, 0.1) is 5.92 Å². The molecule has 0 saturated carbocycles. The molecule has 1 heterocycles. The van der Waals surface area contributed by atoms with E-state index in [2.05, 4.69) is 5.32 Å². The average Bonchev–Trinajstić information content (AvgIpc) is 2.99. The number of Topliss-reactive ketones (excluding diaryl/α,β-unsaturated/α-hetero) is 1. The van der Waals surface area contributed by atoms with E-state index in [9.17, 15) is 4.79 Å². The van der Waals surface area contributed by atoms with Crippen molar-refractivity contribution in [2.75, 3.05) is 34.4 Å². The Hall–Kier alpha value is -1.75. The van der Waals surface area contributed by atoms with Crippen molar-refractivity contribution in [3.63, 3.8) is 0 Å². The zero-order chi connectivity index (χ0) is 13.8. The Bertz CT molecular complexity index is 442. The molecule has 0 aliphatic carbocycles. The molecule has 1 aromatic carbocycles. The Balaban J connectivity index is 2.44. The number of carbonyl (C=O) groups excluding carboxylic acids is 1. The number of ether oxygens (including phenoxy) is 3. The van der Waals surface area contributed by atoms with Crippen LogP contribution in [0.1, 0.15) is 16.8 Å². The van der Waals surface area contributed by atoms with E-state index >= 15 is 0 Å². The van der Waals surface area contributed by atoms with E-state index in [1.807, 2.05) is 0 Å². The van der Waals surface area contributed by atoms with Gasteiger partial charge in [-0.15, -0.1) is 0 Å². The number of benzene rings is 1. The summed E-state index contributed by atoms with van der Waals surface area (Å²) in [4.78, 5) is 12.6. The summed E-state index contributed by atoms with van der Waals surface area (Å²) in [6, 6.07) is 3.41. The molecular weight excluding hydrogens is 246 g/mol. The molecule has 1 aliphatic rings. The fourth-order valence-corrected chi connectivity index (χ4v) is 2.33. The first-order valence-corrected chi connectivity index (χ1v) is 6.26. The van der Waals surface area contributed by atoms with Gasteiger partial charge in [0.25, 0.3) is 0 Å². The molecule has 104 valence electrons. The SMILES string of the molecule is COc1cc(OC)c(C(=O)C2CCNC2)c(OC)c1. The summed E-state index contributed by atoms with van der Waals surface area (Å²) in [7, 11) is 4.65. The molecule has 1 unspecified atom stereocenters. The van der Waals surface area contributed by atoms with Gasteiger partial charge in [-0.05, 0) is 13.0 Å². The topological polar surface area (TPSA) is 56.8 Å². The van der Waals surface area contributed by atoms with E-state index in [0.29, 0.717) is 29.4 Å². The van der Waals surface area contributed by atoms with Crippen molar-refractivity contribution < 1.29 is 19.0 Å². The predicted octanol–water partition coefficient (Wildman–Crippen LogP) is 1.50. The minimum absolute atomic E-state index is 0.0174. The first kappa shape index (κ1) is 13.7. The maximum Gasteiger partial charge on any atom is 0.174 e. The minimum Gasteiger partial charge on any atom is -0.496 e. The molecule has 0 spiro atoms. The van der Waals surface area contributed by atoms with Crippen molar-refractivity contribution >= 4 is 5.78 Å². The van der Waals surface area contributed by atoms with Crippen molar-refractivity contribution in [1.29, 1.82) is 0 Å².